The molecule has 1 N–H and O–H groups in total. The molecule has 3 aromatic heterocycles. The molecule has 1 fully saturated rings. The van der Waals surface area contributed by atoms with Gasteiger partial charge in [0.15, 0.2) is 0 Å². The SMILES string of the molecule is COc1ccc(F)cc1[C@H](Cn1c(=O)n(C2CCCN(C(C)C)C2=O)c(=O)c2c(C)c(-n3nccn3)sc21)OCCCC(C)(C)[Si](O)(c1ccccc1)c1ccccc1. The van der Waals surface area contributed by atoms with E-state index in [9.17, 15) is 19.2 Å². The fourth-order valence-corrected chi connectivity index (χ4v) is 13.5. The normalized spacial score (nSPS) is 15.6. The third-order valence-electron chi connectivity index (χ3n) is 11.7. The summed E-state index contributed by atoms with van der Waals surface area (Å²) in [4.78, 5) is 59.6. The molecular weight excluding hydrogens is 788 g/mol. The Hall–Kier alpha value is -5.22. The van der Waals surface area contributed by atoms with Gasteiger partial charge in [-0.25, -0.2) is 13.8 Å². The molecule has 0 saturated carbocycles. The van der Waals surface area contributed by atoms with Crippen LogP contribution in [0.1, 0.15) is 76.7 Å². The highest BCUT2D eigenvalue weighted by Crippen LogP contribution is 2.41. The van der Waals surface area contributed by atoms with Crippen LogP contribution in [0, 0.1) is 12.7 Å². The number of fused-ring (bicyclic) bond motifs is 1. The van der Waals surface area contributed by atoms with E-state index < -0.39 is 42.6 Å². The van der Waals surface area contributed by atoms with Gasteiger partial charge in [-0.2, -0.15) is 10.2 Å². The zero-order chi connectivity index (χ0) is 42.1. The van der Waals surface area contributed by atoms with Gasteiger partial charge < -0.3 is 19.2 Å². The van der Waals surface area contributed by atoms with Gasteiger partial charge in [0.25, 0.3) is 13.9 Å². The van der Waals surface area contributed by atoms with Crippen molar-refractivity contribution in [2.24, 2.45) is 0 Å². The number of hydrogen-bond donors (Lipinski definition) is 1. The van der Waals surface area contributed by atoms with Gasteiger partial charge in [0.1, 0.15) is 33.5 Å². The summed E-state index contributed by atoms with van der Waals surface area (Å²) >= 11 is 1.19. The molecule has 2 atom stereocenters. The molecule has 0 aliphatic carbocycles. The lowest BCUT2D eigenvalue weighted by molar-refractivity contribution is -0.139. The van der Waals surface area contributed by atoms with Crippen LogP contribution < -0.4 is 26.4 Å². The molecule has 12 nitrogen and oxygen atoms in total. The van der Waals surface area contributed by atoms with Gasteiger partial charge >= 0.3 is 5.69 Å². The topological polar surface area (TPSA) is 134 Å². The van der Waals surface area contributed by atoms with E-state index in [0.717, 1.165) is 14.9 Å². The Morgan fingerprint density at radius 1 is 0.983 bits per heavy atom. The monoisotopic (exact) mass is 838 g/mol. The Balaban J connectivity index is 1.29. The average molecular weight is 839 g/mol. The minimum atomic E-state index is -3.31. The average Bonchev–Trinajstić information content (AvgIpc) is 3.89. The first-order valence-corrected chi connectivity index (χ1v) is 22.8. The number of aromatic nitrogens is 5. The van der Waals surface area contributed by atoms with Crippen LogP contribution in [0.3, 0.4) is 0 Å². The van der Waals surface area contributed by atoms with Crippen molar-refractivity contribution in [3.05, 3.63) is 129 Å². The van der Waals surface area contributed by atoms with Crippen LogP contribution >= 0.6 is 11.3 Å². The van der Waals surface area contributed by atoms with Crippen molar-refractivity contribution in [2.45, 2.75) is 90.1 Å². The van der Waals surface area contributed by atoms with E-state index in [1.807, 2.05) is 74.5 Å². The van der Waals surface area contributed by atoms with Crippen molar-refractivity contribution in [1.29, 1.82) is 0 Å². The van der Waals surface area contributed by atoms with Crippen LogP contribution in [0.4, 0.5) is 4.39 Å². The lowest BCUT2D eigenvalue weighted by atomic mass is 10.0. The van der Waals surface area contributed by atoms with Crippen LogP contribution in [0.2, 0.25) is 5.04 Å². The molecular formula is C44H51FN6O6SSi. The van der Waals surface area contributed by atoms with Crippen molar-refractivity contribution in [3.63, 3.8) is 0 Å². The van der Waals surface area contributed by atoms with Crippen molar-refractivity contribution in [3.8, 4) is 10.8 Å². The Labute approximate surface area is 347 Å². The second-order valence-corrected chi connectivity index (χ2v) is 21.0. The third-order valence-corrected chi connectivity index (χ3v) is 17.5. The molecule has 7 rings (SSSR count). The highest BCUT2D eigenvalue weighted by molar-refractivity contribution is 7.21. The summed E-state index contributed by atoms with van der Waals surface area (Å²) in [6.45, 7) is 10.4. The number of amides is 1. The highest BCUT2D eigenvalue weighted by Gasteiger charge is 2.49. The first kappa shape index (κ1) is 41.9. The summed E-state index contributed by atoms with van der Waals surface area (Å²) in [6.07, 6.45) is 4.18. The van der Waals surface area contributed by atoms with Gasteiger partial charge in [-0.3, -0.25) is 14.2 Å². The predicted molar refractivity (Wildman–Crippen MR) is 230 cm³/mol. The molecule has 0 radical (unpaired) electrons. The zero-order valence-corrected chi connectivity index (χ0v) is 36.1. The number of ether oxygens (including phenoxy) is 2. The second-order valence-electron chi connectivity index (χ2n) is 16.1. The van der Waals surface area contributed by atoms with E-state index in [0.29, 0.717) is 58.9 Å². The van der Waals surface area contributed by atoms with Crippen LogP contribution in [-0.4, -0.2) is 74.4 Å². The van der Waals surface area contributed by atoms with Crippen molar-refractivity contribution in [1.82, 2.24) is 29.0 Å². The van der Waals surface area contributed by atoms with E-state index in [2.05, 4.69) is 24.0 Å². The molecule has 1 saturated heterocycles. The minimum absolute atomic E-state index is 0.116. The summed E-state index contributed by atoms with van der Waals surface area (Å²) in [5, 5.41) is 10.7. The fourth-order valence-electron chi connectivity index (χ4n) is 8.52. The number of piperidine rings is 1. The first-order chi connectivity index (χ1) is 28.3. The summed E-state index contributed by atoms with van der Waals surface area (Å²) < 4.78 is 30.1. The van der Waals surface area contributed by atoms with Crippen molar-refractivity contribution >= 4 is 46.2 Å². The van der Waals surface area contributed by atoms with Gasteiger partial charge in [-0.05, 0) is 80.1 Å². The first-order valence-electron chi connectivity index (χ1n) is 20.0. The maximum atomic E-state index is 15.1. The summed E-state index contributed by atoms with van der Waals surface area (Å²) in [6, 6.07) is 22.7. The number of nitrogens with zero attached hydrogens (tertiary/aromatic N) is 6. The van der Waals surface area contributed by atoms with Gasteiger partial charge in [0.05, 0.1) is 31.4 Å². The fraction of sp³-hybridized carbons (Fsp3) is 0.386. The van der Waals surface area contributed by atoms with Crippen molar-refractivity contribution in [2.75, 3.05) is 20.3 Å². The minimum Gasteiger partial charge on any atom is -0.496 e. The van der Waals surface area contributed by atoms with E-state index in [1.54, 1.807) is 11.8 Å². The Bertz CT molecular complexity index is 2500. The maximum Gasteiger partial charge on any atom is 0.332 e. The van der Waals surface area contributed by atoms with Gasteiger partial charge in [-0.15, -0.1) is 4.80 Å². The van der Waals surface area contributed by atoms with E-state index >= 15 is 4.39 Å². The van der Waals surface area contributed by atoms with E-state index in [1.165, 1.54) is 58.4 Å². The number of carbonyl (C=O) groups is 1. The lowest BCUT2D eigenvalue weighted by Crippen LogP contribution is -2.65. The molecule has 1 amide bonds. The Morgan fingerprint density at radius 3 is 2.24 bits per heavy atom. The second kappa shape index (κ2) is 17.2. The highest BCUT2D eigenvalue weighted by atomic mass is 32.1. The van der Waals surface area contributed by atoms with E-state index in [4.69, 9.17) is 9.47 Å². The molecule has 1 aliphatic heterocycles. The number of hydrogen-bond acceptors (Lipinski definition) is 9. The molecule has 0 bridgehead atoms. The Kier molecular flexibility index (Phi) is 12.2. The molecule has 3 aromatic carbocycles. The number of methoxy groups -OCH3 is 1. The number of thiophene rings is 1. The largest absolute Gasteiger partial charge is 0.496 e. The summed E-state index contributed by atoms with van der Waals surface area (Å²) in [7, 11) is -1.82. The quantitative estimate of drug-likeness (QED) is 0.0999. The predicted octanol–water partition coefficient (Wildman–Crippen LogP) is 5.90. The molecule has 4 heterocycles. The molecule has 1 aliphatic rings. The number of carbonyl (C=O) groups excluding carboxylic acids is 1. The van der Waals surface area contributed by atoms with Crippen molar-refractivity contribution < 1.29 is 23.5 Å². The molecule has 1 unspecified atom stereocenters. The smallest absolute Gasteiger partial charge is 0.332 e. The maximum absolute atomic E-state index is 15.1. The lowest BCUT2D eigenvalue weighted by Gasteiger charge is -2.41. The number of likely N-dealkylation sites (tertiary alicyclic amines) is 1. The molecule has 310 valence electrons. The summed E-state index contributed by atoms with van der Waals surface area (Å²) in [5.41, 5.74) is -0.284. The standard InChI is InChI=1S/C44H51FN6O6SSi/c1-29(2)48-25-13-19-35(39(48)52)50-40(53)38-30(3)41(51-46-23-24-47-51)58-42(38)49(43(50)54)28-37(34-27-31(45)20-21-36(34)56-6)57-26-14-22-44(4,5)59(55,32-15-9-7-10-16-32)33-17-11-8-12-18-33/h7-12,15-18,20-21,23-24,27,29,35,37,55H,13-14,19,22,25-26,28H2,1-6H3/t35?,37-/m0/s1. The van der Waals surface area contributed by atoms with Crippen LogP contribution in [0.5, 0.6) is 5.75 Å². The van der Waals surface area contributed by atoms with Gasteiger partial charge in [-0.1, -0.05) is 85.8 Å². The number of aryl methyl sites for hydroxylation is 1. The van der Waals surface area contributed by atoms with Crippen LogP contribution in [-0.2, 0) is 16.1 Å². The third kappa shape index (κ3) is 7.84. The summed E-state index contributed by atoms with van der Waals surface area (Å²) in [5.74, 6) is -0.432. The molecule has 6 aromatic rings. The molecule has 0 spiro atoms. The van der Waals surface area contributed by atoms with Gasteiger partial charge in [0.2, 0.25) is 5.91 Å². The number of benzene rings is 3. The van der Waals surface area contributed by atoms with Gasteiger partial charge in [0, 0.05) is 30.3 Å². The van der Waals surface area contributed by atoms with Crippen LogP contribution in [0.25, 0.3) is 15.2 Å². The van der Waals surface area contributed by atoms with Crippen LogP contribution in [0.15, 0.2) is 101 Å². The number of rotatable bonds is 15. The molecule has 59 heavy (non-hydrogen) atoms. The van der Waals surface area contributed by atoms with E-state index in [-0.39, 0.29) is 30.5 Å². The molecule has 15 heteroatoms. The Morgan fingerprint density at radius 2 is 1.63 bits per heavy atom. The zero-order valence-electron chi connectivity index (χ0n) is 34.3. The number of halogens is 1.